The molecule has 1 nitrogen and oxygen atoms in total. The van der Waals surface area contributed by atoms with E-state index in [0.29, 0.717) is 9.35 Å². The maximum atomic E-state index is 13.1. The van der Waals surface area contributed by atoms with Gasteiger partial charge in [0, 0.05) is 15.1 Å². The van der Waals surface area contributed by atoms with Gasteiger partial charge in [-0.05, 0) is 39.5 Å². The summed E-state index contributed by atoms with van der Waals surface area (Å²) in [6.07, 6.45) is -1.08. The molecular weight excluding hydrogens is 334 g/mol. The van der Waals surface area contributed by atoms with Crippen molar-refractivity contribution in [3.63, 3.8) is 0 Å². The number of aliphatic hydroxyl groups excluding tert-OH is 1. The second kappa shape index (κ2) is 5.02. The zero-order valence-electron chi connectivity index (χ0n) is 8.25. The van der Waals surface area contributed by atoms with Crippen molar-refractivity contribution in [1.29, 1.82) is 0 Å². The number of halogens is 4. The molecule has 17 heavy (non-hydrogen) atoms. The Morgan fingerprint density at radius 3 is 2.53 bits per heavy atom. The van der Waals surface area contributed by atoms with Crippen molar-refractivity contribution in [3.05, 3.63) is 55.1 Å². The van der Waals surface area contributed by atoms with E-state index in [2.05, 4.69) is 15.9 Å². The van der Waals surface area contributed by atoms with Gasteiger partial charge in [0.05, 0.1) is 4.88 Å². The van der Waals surface area contributed by atoms with Crippen molar-refractivity contribution in [2.75, 3.05) is 0 Å². The van der Waals surface area contributed by atoms with Gasteiger partial charge in [-0.25, -0.2) is 8.78 Å². The summed E-state index contributed by atoms with van der Waals surface area (Å²) in [6, 6.07) is 3.53. The minimum atomic E-state index is -1.08. The van der Waals surface area contributed by atoms with Crippen LogP contribution in [0.5, 0.6) is 0 Å². The molecule has 0 spiro atoms. The van der Waals surface area contributed by atoms with Crippen LogP contribution in [0.25, 0.3) is 0 Å². The third-order valence-corrected chi connectivity index (χ3v) is 4.48. The minimum absolute atomic E-state index is 0.00306. The summed E-state index contributed by atoms with van der Waals surface area (Å²) in [5.74, 6) is -2.06. The van der Waals surface area contributed by atoms with Crippen LogP contribution in [0, 0.1) is 11.6 Å². The smallest absolute Gasteiger partial charge is 0.160 e. The zero-order valence-corrected chi connectivity index (χ0v) is 11.4. The van der Waals surface area contributed by atoms with E-state index >= 15 is 0 Å². The van der Waals surface area contributed by atoms with E-state index in [-0.39, 0.29) is 10.6 Å². The molecule has 90 valence electrons. The molecule has 0 aliphatic carbocycles. The SMILES string of the molecule is OC(c1cc(F)c(F)cc1Cl)c1sccc1Br. The average Bonchev–Trinajstić information content (AvgIpc) is 2.69. The van der Waals surface area contributed by atoms with Crippen molar-refractivity contribution in [1.82, 2.24) is 0 Å². The third-order valence-electron chi connectivity index (χ3n) is 2.23. The molecule has 0 aliphatic rings. The maximum Gasteiger partial charge on any atom is 0.160 e. The molecule has 2 rings (SSSR count). The van der Waals surface area contributed by atoms with E-state index in [1.165, 1.54) is 11.3 Å². The van der Waals surface area contributed by atoms with Gasteiger partial charge in [0.15, 0.2) is 11.6 Å². The van der Waals surface area contributed by atoms with Gasteiger partial charge in [-0.2, -0.15) is 0 Å². The van der Waals surface area contributed by atoms with Gasteiger partial charge in [0.1, 0.15) is 6.10 Å². The Morgan fingerprint density at radius 1 is 1.29 bits per heavy atom. The summed E-state index contributed by atoms with van der Waals surface area (Å²) in [5, 5.41) is 11.8. The van der Waals surface area contributed by atoms with E-state index in [0.717, 1.165) is 12.1 Å². The van der Waals surface area contributed by atoms with Crippen molar-refractivity contribution < 1.29 is 13.9 Å². The normalized spacial score (nSPS) is 12.8. The van der Waals surface area contributed by atoms with Crippen LogP contribution in [0.4, 0.5) is 8.78 Å². The first-order valence-electron chi connectivity index (χ1n) is 4.56. The average molecular weight is 340 g/mol. The molecule has 0 amide bonds. The Balaban J connectivity index is 2.48. The maximum absolute atomic E-state index is 13.1. The molecule has 1 aromatic carbocycles. The number of hydrogen-bond acceptors (Lipinski definition) is 2. The molecule has 1 unspecified atom stereocenters. The molecule has 2 aromatic rings. The molecule has 0 saturated carbocycles. The Morgan fingerprint density at radius 2 is 1.94 bits per heavy atom. The molecule has 0 saturated heterocycles. The minimum Gasteiger partial charge on any atom is -0.383 e. The summed E-state index contributed by atoms with van der Waals surface area (Å²) >= 11 is 10.3. The Hall–Kier alpha value is -0.490. The van der Waals surface area contributed by atoms with Crippen LogP contribution in [0.15, 0.2) is 28.1 Å². The van der Waals surface area contributed by atoms with Gasteiger partial charge in [-0.1, -0.05) is 11.6 Å². The second-order valence-corrected chi connectivity index (χ2v) is 5.53. The lowest BCUT2D eigenvalue weighted by Crippen LogP contribution is -2.01. The highest BCUT2D eigenvalue weighted by Crippen LogP contribution is 2.36. The van der Waals surface area contributed by atoms with Crippen molar-refractivity contribution in [2.24, 2.45) is 0 Å². The highest BCUT2D eigenvalue weighted by Gasteiger charge is 2.20. The monoisotopic (exact) mass is 338 g/mol. The fraction of sp³-hybridized carbons (Fsp3) is 0.0909. The molecule has 1 heterocycles. The summed E-state index contributed by atoms with van der Waals surface area (Å²) in [7, 11) is 0. The number of aliphatic hydroxyl groups is 1. The van der Waals surface area contributed by atoms with Crippen molar-refractivity contribution in [3.8, 4) is 0 Å². The Bertz CT molecular complexity index is 558. The number of thiophene rings is 1. The molecular formula is C11H6BrClF2OS. The highest BCUT2D eigenvalue weighted by atomic mass is 79.9. The predicted octanol–water partition coefficient (Wildman–Crippen LogP) is 4.52. The summed E-state index contributed by atoms with van der Waals surface area (Å²) in [6.45, 7) is 0. The second-order valence-electron chi connectivity index (χ2n) is 3.32. The summed E-state index contributed by atoms with van der Waals surface area (Å²) in [4.78, 5) is 0.595. The zero-order chi connectivity index (χ0) is 12.6. The molecule has 0 fully saturated rings. The van der Waals surface area contributed by atoms with Crippen LogP contribution >= 0.6 is 38.9 Å². The van der Waals surface area contributed by atoms with Crippen molar-refractivity contribution in [2.45, 2.75) is 6.10 Å². The van der Waals surface area contributed by atoms with Gasteiger partial charge in [-0.3, -0.25) is 0 Å². The van der Waals surface area contributed by atoms with E-state index in [1.54, 1.807) is 11.4 Å². The molecule has 0 bridgehead atoms. The summed E-state index contributed by atoms with van der Waals surface area (Å²) in [5.41, 5.74) is 0.147. The summed E-state index contributed by atoms with van der Waals surface area (Å²) < 4.78 is 26.7. The Labute approximate surface area is 114 Å². The standard InChI is InChI=1S/C11H6BrClF2OS/c12-6-1-2-17-11(6)10(16)5-3-8(14)9(15)4-7(5)13/h1-4,10,16H. The Kier molecular flexibility index (Phi) is 3.82. The van der Waals surface area contributed by atoms with Gasteiger partial charge < -0.3 is 5.11 Å². The molecule has 1 atom stereocenters. The van der Waals surface area contributed by atoms with Gasteiger partial charge in [-0.15, -0.1) is 11.3 Å². The van der Waals surface area contributed by atoms with Crippen LogP contribution in [0.1, 0.15) is 16.5 Å². The first kappa shape index (κ1) is 13.0. The number of benzene rings is 1. The lowest BCUT2D eigenvalue weighted by molar-refractivity contribution is 0.223. The van der Waals surface area contributed by atoms with Crippen molar-refractivity contribution >= 4 is 38.9 Å². The topological polar surface area (TPSA) is 20.2 Å². The highest BCUT2D eigenvalue weighted by molar-refractivity contribution is 9.10. The van der Waals surface area contributed by atoms with Crippen LogP contribution in [-0.2, 0) is 0 Å². The lowest BCUT2D eigenvalue weighted by Gasteiger charge is -2.12. The molecule has 0 radical (unpaired) electrons. The number of rotatable bonds is 2. The van der Waals surface area contributed by atoms with E-state index < -0.39 is 17.7 Å². The molecule has 6 heteroatoms. The van der Waals surface area contributed by atoms with Gasteiger partial charge in [0.2, 0.25) is 0 Å². The fourth-order valence-corrected chi connectivity index (χ4v) is 3.23. The fourth-order valence-electron chi connectivity index (χ4n) is 1.39. The van der Waals surface area contributed by atoms with Crippen LogP contribution in [-0.4, -0.2) is 5.11 Å². The molecule has 1 N–H and O–H groups in total. The largest absolute Gasteiger partial charge is 0.383 e. The van der Waals surface area contributed by atoms with E-state index in [4.69, 9.17) is 11.6 Å². The molecule has 1 aromatic heterocycles. The van der Waals surface area contributed by atoms with E-state index in [9.17, 15) is 13.9 Å². The number of hydrogen-bond donors (Lipinski definition) is 1. The van der Waals surface area contributed by atoms with Crippen LogP contribution < -0.4 is 0 Å². The first-order valence-corrected chi connectivity index (χ1v) is 6.61. The van der Waals surface area contributed by atoms with Crippen LogP contribution in [0.3, 0.4) is 0 Å². The first-order chi connectivity index (χ1) is 8.00. The van der Waals surface area contributed by atoms with E-state index in [1.807, 2.05) is 0 Å². The van der Waals surface area contributed by atoms with Gasteiger partial charge >= 0.3 is 0 Å². The lowest BCUT2D eigenvalue weighted by atomic mass is 10.1. The quantitative estimate of drug-likeness (QED) is 0.797. The third kappa shape index (κ3) is 2.52. The molecule has 0 aliphatic heterocycles. The predicted molar refractivity (Wildman–Crippen MR) is 67.4 cm³/mol. The van der Waals surface area contributed by atoms with Gasteiger partial charge in [0.25, 0.3) is 0 Å². The van der Waals surface area contributed by atoms with Crippen LogP contribution in [0.2, 0.25) is 5.02 Å².